The maximum Gasteiger partial charge on any atom is 0.0246 e. The fourth-order valence-corrected chi connectivity index (χ4v) is 3.70. The van der Waals surface area contributed by atoms with Gasteiger partial charge in [-0.05, 0) is 63.5 Å². The van der Waals surface area contributed by atoms with Crippen molar-refractivity contribution in [3.8, 4) is 0 Å². The Balaban J connectivity index is 1.84. The summed E-state index contributed by atoms with van der Waals surface area (Å²) in [4.78, 5) is 2.64. The van der Waals surface area contributed by atoms with Gasteiger partial charge in [-0.1, -0.05) is 20.8 Å². The Labute approximate surface area is 114 Å². The number of nitrogens with one attached hydrogen (secondary N) is 1. The summed E-state index contributed by atoms with van der Waals surface area (Å²) in [6.07, 6.45) is 8.39. The lowest BCUT2D eigenvalue weighted by Gasteiger charge is -2.43. The summed E-state index contributed by atoms with van der Waals surface area (Å²) in [6, 6.07) is 1.51. The predicted molar refractivity (Wildman–Crippen MR) is 78.9 cm³/mol. The van der Waals surface area contributed by atoms with Gasteiger partial charge >= 0.3 is 0 Å². The summed E-state index contributed by atoms with van der Waals surface area (Å²) >= 11 is 0. The SMILES string of the molecule is CC1CCC(N(C)CC2NCCCC2(C)C)CC1. The first-order chi connectivity index (χ1) is 8.49. The number of hydrogen-bond acceptors (Lipinski definition) is 2. The van der Waals surface area contributed by atoms with Gasteiger partial charge in [0.1, 0.15) is 0 Å². The number of likely N-dealkylation sites (N-methyl/N-ethyl adjacent to an activating group) is 1. The molecule has 0 aromatic carbocycles. The van der Waals surface area contributed by atoms with Gasteiger partial charge in [0.25, 0.3) is 0 Å². The second-order valence-corrected chi connectivity index (χ2v) is 7.45. The Morgan fingerprint density at radius 1 is 1.17 bits per heavy atom. The van der Waals surface area contributed by atoms with Gasteiger partial charge in [-0.25, -0.2) is 0 Å². The van der Waals surface area contributed by atoms with E-state index in [0.29, 0.717) is 11.5 Å². The zero-order valence-electron chi connectivity index (χ0n) is 12.8. The quantitative estimate of drug-likeness (QED) is 0.829. The molecule has 18 heavy (non-hydrogen) atoms. The van der Waals surface area contributed by atoms with Crippen LogP contribution in [0.5, 0.6) is 0 Å². The van der Waals surface area contributed by atoms with Crippen molar-refractivity contribution in [2.45, 2.75) is 71.4 Å². The van der Waals surface area contributed by atoms with Gasteiger partial charge < -0.3 is 10.2 Å². The molecule has 1 atom stereocenters. The Morgan fingerprint density at radius 2 is 1.83 bits per heavy atom. The van der Waals surface area contributed by atoms with Crippen LogP contribution in [0.2, 0.25) is 0 Å². The van der Waals surface area contributed by atoms with Gasteiger partial charge in [0.2, 0.25) is 0 Å². The van der Waals surface area contributed by atoms with Gasteiger partial charge in [0.05, 0.1) is 0 Å². The second kappa shape index (κ2) is 5.92. The van der Waals surface area contributed by atoms with Crippen LogP contribution in [0.4, 0.5) is 0 Å². The topological polar surface area (TPSA) is 15.3 Å². The van der Waals surface area contributed by atoms with Gasteiger partial charge in [-0.15, -0.1) is 0 Å². The zero-order valence-corrected chi connectivity index (χ0v) is 12.8. The van der Waals surface area contributed by atoms with Crippen molar-refractivity contribution in [2.75, 3.05) is 20.1 Å². The molecule has 0 spiro atoms. The van der Waals surface area contributed by atoms with Crippen molar-refractivity contribution in [2.24, 2.45) is 11.3 Å². The third kappa shape index (κ3) is 3.48. The van der Waals surface area contributed by atoms with E-state index in [1.54, 1.807) is 0 Å². The maximum absolute atomic E-state index is 3.75. The minimum atomic E-state index is 0.467. The first-order valence-corrected chi connectivity index (χ1v) is 7.92. The fourth-order valence-electron chi connectivity index (χ4n) is 3.70. The van der Waals surface area contributed by atoms with Crippen LogP contribution in [0.25, 0.3) is 0 Å². The lowest BCUT2D eigenvalue weighted by Crippen LogP contribution is -2.54. The zero-order chi connectivity index (χ0) is 13.2. The smallest absolute Gasteiger partial charge is 0.0246 e. The molecule has 1 aliphatic carbocycles. The molecule has 2 aliphatic rings. The van der Waals surface area contributed by atoms with Crippen LogP contribution in [0.1, 0.15) is 59.3 Å². The third-order valence-electron chi connectivity index (χ3n) is 5.41. The summed E-state index contributed by atoms with van der Waals surface area (Å²) in [6.45, 7) is 9.71. The molecule has 0 radical (unpaired) electrons. The standard InChI is InChI=1S/C16H32N2/c1-13-6-8-14(9-7-13)18(4)12-15-16(2,3)10-5-11-17-15/h13-15,17H,5-12H2,1-4H3. The van der Waals surface area contributed by atoms with Crippen LogP contribution in [-0.2, 0) is 0 Å². The van der Waals surface area contributed by atoms with Gasteiger partial charge in [-0.3, -0.25) is 0 Å². The maximum atomic E-state index is 3.75. The molecule has 0 bridgehead atoms. The molecule has 1 aliphatic heterocycles. The van der Waals surface area contributed by atoms with Gasteiger partial charge in [-0.2, -0.15) is 0 Å². The minimum absolute atomic E-state index is 0.467. The summed E-state index contributed by atoms with van der Waals surface area (Å²) in [5.41, 5.74) is 0.467. The van der Waals surface area contributed by atoms with E-state index in [2.05, 4.69) is 38.0 Å². The molecule has 2 heteroatoms. The Morgan fingerprint density at radius 3 is 2.44 bits per heavy atom. The van der Waals surface area contributed by atoms with Crippen molar-refractivity contribution in [1.82, 2.24) is 10.2 Å². The van der Waals surface area contributed by atoms with Crippen molar-refractivity contribution in [1.29, 1.82) is 0 Å². The molecule has 2 fully saturated rings. The summed E-state index contributed by atoms with van der Waals surface area (Å²) in [5.74, 6) is 0.957. The van der Waals surface area contributed by atoms with E-state index in [1.165, 1.54) is 51.6 Å². The molecule has 1 saturated carbocycles. The number of rotatable bonds is 3. The van der Waals surface area contributed by atoms with E-state index in [-0.39, 0.29) is 0 Å². The highest BCUT2D eigenvalue weighted by Crippen LogP contribution is 2.32. The summed E-state index contributed by atoms with van der Waals surface area (Å²) < 4.78 is 0. The molecule has 2 rings (SSSR count). The van der Waals surface area contributed by atoms with Crippen LogP contribution < -0.4 is 5.32 Å². The fraction of sp³-hybridized carbons (Fsp3) is 1.00. The second-order valence-electron chi connectivity index (χ2n) is 7.45. The van der Waals surface area contributed by atoms with Crippen molar-refractivity contribution in [3.05, 3.63) is 0 Å². The third-order valence-corrected chi connectivity index (χ3v) is 5.41. The van der Waals surface area contributed by atoms with E-state index in [9.17, 15) is 0 Å². The molecule has 2 nitrogen and oxygen atoms in total. The lowest BCUT2D eigenvalue weighted by molar-refractivity contribution is 0.0987. The molecule has 1 heterocycles. The average Bonchev–Trinajstić information content (AvgIpc) is 2.32. The molecule has 0 aromatic rings. The average molecular weight is 252 g/mol. The van der Waals surface area contributed by atoms with E-state index in [4.69, 9.17) is 0 Å². The van der Waals surface area contributed by atoms with Gasteiger partial charge in [0.15, 0.2) is 0 Å². The first kappa shape index (κ1) is 14.3. The van der Waals surface area contributed by atoms with Crippen molar-refractivity contribution >= 4 is 0 Å². The molecule has 1 N–H and O–H groups in total. The van der Waals surface area contributed by atoms with E-state index < -0.39 is 0 Å². The van der Waals surface area contributed by atoms with Crippen molar-refractivity contribution < 1.29 is 0 Å². The molecule has 1 unspecified atom stereocenters. The number of nitrogens with zero attached hydrogens (tertiary/aromatic N) is 1. The van der Waals surface area contributed by atoms with Gasteiger partial charge in [0, 0.05) is 18.6 Å². The van der Waals surface area contributed by atoms with Crippen LogP contribution in [0.15, 0.2) is 0 Å². The largest absolute Gasteiger partial charge is 0.312 e. The van der Waals surface area contributed by atoms with E-state index in [0.717, 1.165) is 12.0 Å². The summed E-state index contributed by atoms with van der Waals surface area (Å²) in [7, 11) is 2.34. The minimum Gasteiger partial charge on any atom is -0.312 e. The number of hydrogen-bond donors (Lipinski definition) is 1. The molecule has 106 valence electrons. The predicted octanol–water partition coefficient (Wildman–Crippen LogP) is 3.28. The molecule has 0 aromatic heterocycles. The number of piperidine rings is 1. The normalized spacial score (nSPS) is 36.8. The van der Waals surface area contributed by atoms with Crippen LogP contribution in [-0.4, -0.2) is 37.1 Å². The highest BCUT2D eigenvalue weighted by atomic mass is 15.2. The Kier molecular flexibility index (Phi) is 4.71. The Hall–Kier alpha value is -0.0800. The van der Waals surface area contributed by atoms with Crippen LogP contribution in [0.3, 0.4) is 0 Å². The lowest BCUT2D eigenvalue weighted by atomic mass is 9.77. The first-order valence-electron chi connectivity index (χ1n) is 7.92. The molecule has 1 saturated heterocycles. The van der Waals surface area contributed by atoms with E-state index >= 15 is 0 Å². The molecular formula is C16H32N2. The monoisotopic (exact) mass is 252 g/mol. The Bertz CT molecular complexity index is 254. The highest BCUT2D eigenvalue weighted by molar-refractivity contribution is 4.91. The van der Waals surface area contributed by atoms with E-state index in [1.807, 2.05) is 0 Å². The highest BCUT2D eigenvalue weighted by Gasteiger charge is 2.34. The van der Waals surface area contributed by atoms with Crippen molar-refractivity contribution in [3.63, 3.8) is 0 Å². The molecule has 0 amide bonds. The van der Waals surface area contributed by atoms with Crippen LogP contribution >= 0.6 is 0 Å². The molecular weight excluding hydrogens is 220 g/mol. The van der Waals surface area contributed by atoms with Crippen LogP contribution in [0, 0.1) is 11.3 Å². The summed E-state index contributed by atoms with van der Waals surface area (Å²) in [5, 5.41) is 3.75.